The highest BCUT2D eigenvalue weighted by Crippen LogP contribution is 2.42. The monoisotopic (exact) mass is 379 g/mol. The minimum absolute atomic E-state index is 0.120. The number of halogens is 1. The van der Waals surface area contributed by atoms with Crippen molar-refractivity contribution in [3.63, 3.8) is 0 Å². The summed E-state index contributed by atoms with van der Waals surface area (Å²) in [6.07, 6.45) is 0. The fraction of sp³-hybridized carbons (Fsp3) is 0.250. The van der Waals surface area contributed by atoms with Crippen LogP contribution < -0.4 is 11.1 Å². The van der Waals surface area contributed by atoms with E-state index in [2.05, 4.69) is 5.32 Å². The molecule has 1 aromatic carbocycles. The molecule has 0 spiro atoms. The van der Waals surface area contributed by atoms with Crippen molar-refractivity contribution in [1.82, 2.24) is 5.32 Å². The Labute approximate surface area is 153 Å². The molecule has 9 heteroatoms. The Morgan fingerprint density at radius 3 is 2.68 bits per heavy atom. The van der Waals surface area contributed by atoms with Gasteiger partial charge in [0.25, 0.3) is 0 Å². The summed E-state index contributed by atoms with van der Waals surface area (Å²) >= 11 is 7.14. The topological polar surface area (TPSA) is 122 Å². The van der Waals surface area contributed by atoms with Crippen LogP contribution in [0.3, 0.4) is 0 Å². The standard InChI is InChI=1S/C16H14ClN3O4S/c1-24-16(23)13-12(8-4-2-3-5-10(8)17)9(6-18)15(20-14(13)22)25-7-11(19)21/h2-5,12-13H,7H2,1H3,(H2,19,21)(H,20,22)/t12-,13-/m0/s1. The maximum Gasteiger partial charge on any atom is 0.319 e. The van der Waals surface area contributed by atoms with E-state index in [9.17, 15) is 19.6 Å². The Kier molecular flexibility index (Phi) is 6.07. The molecule has 7 nitrogen and oxygen atoms in total. The summed E-state index contributed by atoms with van der Waals surface area (Å²) in [4.78, 5) is 35.7. The minimum atomic E-state index is -1.27. The van der Waals surface area contributed by atoms with Gasteiger partial charge in [0.1, 0.15) is 5.92 Å². The number of rotatable bonds is 5. The molecule has 0 unspecified atom stereocenters. The molecule has 0 saturated heterocycles. The van der Waals surface area contributed by atoms with Gasteiger partial charge in [-0.15, -0.1) is 0 Å². The van der Waals surface area contributed by atoms with E-state index in [0.29, 0.717) is 10.6 Å². The number of primary amides is 1. The number of carbonyl (C=O) groups excluding carboxylic acids is 3. The van der Waals surface area contributed by atoms with E-state index in [1.54, 1.807) is 24.3 Å². The fourth-order valence-corrected chi connectivity index (χ4v) is 3.57. The smallest absolute Gasteiger partial charge is 0.319 e. The second-order valence-corrected chi connectivity index (χ2v) is 6.49. The Morgan fingerprint density at radius 1 is 1.44 bits per heavy atom. The summed E-state index contributed by atoms with van der Waals surface area (Å²) in [6.45, 7) is 0. The zero-order chi connectivity index (χ0) is 18.6. The lowest BCUT2D eigenvalue weighted by Crippen LogP contribution is -2.44. The number of carbonyl (C=O) groups is 3. The lowest BCUT2D eigenvalue weighted by Gasteiger charge is -2.31. The van der Waals surface area contributed by atoms with Crippen molar-refractivity contribution in [3.05, 3.63) is 45.5 Å². The molecule has 0 aliphatic carbocycles. The number of ether oxygens (including phenoxy) is 1. The molecular weight excluding hydrogens is 366 g/mol. The number of allylic oxidation sites excluding steroid dienone is 1. The van der Waals surface area contributed by atoms with Gasteiger partial charge in [0, 0.05) is 10.9 Å². The average molecular weight is 380 g/mol. The first kappa shape index (κ1) is 18.8. The summed E-state index contributed by atoms with van der Waals surface area (Å²) in [7, 11) is 1.16. The summed E-state index contributed by atoms with van der Waals surface area (Å²) in [5, 5.41) is 12.6. The Balaban J connectivity index is 2.62. The van der Waals surface area contributed by atoms with Crippen molar-refractivity contribution < 1.29 is 19.1 Å². The highest BCUT2D eigenvalue weighted by atomic mass is 35.5. The molecule has 1 aliphatic rings. The van der Waals surface area contributed by atoms with Gasteiger partial charge in [-0.2, -0.15) is 5.26 Å². The molecule has 130 valence electrons. The van der Waals surface area contributed by atoms with Crippen LogP contribution in [-0.4, -0.2) is 30.6 Å². The molecule has 3 N–H and O–H groups in total. The lowest BCUT2D eigenvalue weighted by atomic mass is 9.78. The van der Waals surface area contributed by atoms with Crippen LogP contribution in [0.2, 0.25) is 5.02 Å². The molecule has 2 atom stereocenters. The van der Waals surface area contributed by atoms with E-state index >= 15 is 0 Å². The van der Waals surface area contributed by atoms with E-state index in [-0.39, 0.29) is 16.4 Å². The molecule has 2 amide bonds. The Morgan fingerprint density at radius 2 is 2.12 bits per heavy atom. The maximum absolute atomic E-state index is 12.5. The number of esters is 1. The van der Waals surface area contributed by atoms with Crippen molar-refractivity contribution in [1.29, 1.82) is 5.26 Å². The quantitative estimate of drug-likeness (QED) is 0.587. The molecule has 0 radical (unpaired) electrons. The summed E-state index contributed by atoms with van der Waals surface area (Å²) in [6, 6.07) is 8.63. The number of thioether (sulfide) groups is 1. The van der Waals surface area contributed by atoms with Crippen molar-refractivity contribution in [2.75, 3.05) is 12.9 Å². The number of nitrogens with two attached hydrogens (primary N) is 1. The lowest BCUT2D eigenvalue weighted by molar-refractivity contribution is -0.150. The molecule has 1 aliphatic heterocycles. The van der Waals surface area contributed by atoms with Gasteiger partial charge in [-0.25, -0.2) is 0 Å². The van der Waals surface area contributed by atoms with Crippen molar-refractivity contribution in [3.8, 4) is 6.07 Å². The Hall–Kier alpha value is -2.50. The first-order valence-electron chi connectivity index (χ1n) is 7.09. The average Bonchev–Trinajstić information content (AvgIpc) is 2.59. The van der Waals surface area contributed by atoms with E-state index < -0.39 is 29.6 Å². The van der Waals surface area contributed by atoms with Crippen LogP contribution in [0, 0.1) is 17.2 Å². The van der Waals surface area contributed by atoms with Crippen LogP contribution in [0.5, 0.6) is 0 Å². The number of methoxy groups -OCH3 is 1. The molecule has 1 heterocycles. The van der Waals surface area contributed by atoms with E-state index in [1.807, 2.05) is 6.07 Å². The third-order valence-electron chi connectivity index (χ3n) is 3.58. The van der Waals surface area contributed by atoms with Crippen LogP contribution in [0.15, 0.2) is 34.9 Å². The zero-order valence-corrected chi connectivity index (χ0v) is 14.7. The van der Waals surface area contributed by atoms with Gasteiger partial charge in [0.15, 0.2) is 0 Å². The molecule has 0 aromatic heterocycles. The first-order valence-corrected chi connectivity index (χ1v) is 8.45. The van der Waals surface area contributed by atoms with Gasteiger partial charge in [-0.3, -0.25) is 14.4 Å². The van der Waals surface area contributed by atoms with Gasteiger partial charge in [-0.1, -0.05) is 41.6 Å². The van der Waals surface area contributed by atoms with Gasteiger partial charge in [0.05, 0.1) is 29.5 Å². The van der Waals surface area contributed by atoms with E-state index in [1.165, 1.54) is 0 Å². The number of benzene rings is 1. The van der Waals surface area contributed by atoms with Crippen molar-refractivity contribution in [2.24, 2.45) is 11.7 Å². The fourth-order valence-electron chi connectivity index (χ4n) is 2.53. The first-order chi connectivity index (χ1) is 11.9. The molecule has 1 aromatic rings. The highest BCUT2D eigenvalue weighted by molar-refractivity contribution is 8.03. The SMILES string of the molecule is COC(=O)[C@@H]1C(=O)NC(SCC(N)=O)=C(C#N)[C@@H]1c1ccccc1Cl. The predicted molar refractivity (Wildman–Crippen MR) is 92.1 cm³/mol. The van der Waals surface area contributed by atoms with E-state index in [4.69, 9.17) is 22.1 Å². The summed E-state index contributed by atoms with van der Waals surface area (Å²) < 4.78 is 4.72. The maximum atomic E-state index is 12.5. The number of amides is 2. The zero-order valence-electron chi connectivity index (χ0n) is 13.1. The van der Waals surface area contributed by atoms with Crippen molar-refractivity contribution >= 4 is 41.1 Å². The normalized spacial score (nSPS) is 19.8. The van der Waals surface area contributed by atoms with Crippen LogP contribution >= 0.6 is 23.4 Å². The van der Waals surface area contributed by atoms with Gasteiger partial charge >= 0.3 is 5.97 Å². The van der Waals surface area contributed by atoms with Gasteiger partial charge in [-0.05, 0) is 11.6 Å². The summed E-state index contributed by atoms with van der Waals surface area (Å²) in [5.41, 5.74) is 5.69. The number of nitrogens with zero attached hydrogens (tertiary/aromatic N) is 1. The molecule has 0 bridgehead atoms. The second-order valence-electron chi connectivity index (χ2n) is 5.10. The van der Waals surface area contributed by atoms with Crippen molar-refractivity contribution in [2.45, 2.75) is 5.92 Å². The van der Waals surface area contributed by atoms with Crippen LogP contribution in [-0.2, 0) is 19.1 Å². The largest absolute Gasteiger partial charge is 0.468 e. The third-order valence-corrected chi connectivity index (χ3v) is 4.97. The second kappa shape index (κ2) is 8.05. The minimum Gasteiger partial charge on any atom is -0.468 e. The van der Waals surface area contributed by atoms with Gasteiger partial charge in [0.2, 0.25) is 11.8 Å². The molecule has 0 saturated carbocycles. The number of hydrogen-bond acceptors (Lipinski definition) is 6. The molecule has 2 rings (SSSR count). The van der Waals surface area contributed by atoms with Gasteiger partial charge < -0.3 is 15.8 Å². The third kappa shape index (κ3) is 3.95. The highest BCUT2D eigenvalue weighted by Gasteiger charge is 2.45. The number of hydrogen-bond donors (Lipinski definition) is 2. The van der Waals surface area contributed by atoms with E-state index in [0.717, 1.165) is 18.9 Å². The van der Waals surface area contributed by atoms with Crippen LogP contribution in [0.25, 0.3) is 0 Å². The molecular formula is C16H14ClN3O4S. The van der Waals surface area contributed by atoms with Crippen LogP contribution in [0.1, 0.15) is 11.5 Å². The Bertz CT molecular complexity index is 803. The summed E-state index contributed by atoms with van der Waals surface area (Å²) in [5.74, 6) is -4.34. The predicted octanol–water partition coefficient (Wildman–Crippen LogP) is 1.30. The molecule has 0 fully saturated rings. The molecule has 25 heavy (non-hydrogen) atoms. The van der Waals surface area contributed by atoms with Crippen LogP contribution in [0.4, 0.5) is 0 Å². The number of nitrogens with one attached hydrogen (secondary N) is 1. The number of nitriles is 1.